The molecule has 8 heteroatoms. The van der Waals surface area contributed by atoms with Crippen molar-refractivity contribution in [3.8, 4) is 0 Å². The van der Waals surface area contributed by atoms with Gasteiger partial charge < -0.3 is 0 Å². The molecule has 0 radical (unpaired) electrons. The maximum atomic E-state index is 13.0. The molecule has 0 bridgehead atoms. The summed E-state index contributed by atoms with van der Waals surface area (Å²) in [5, 5.41) is 3.45. The smallest absolute Gasteiger partial charge is 0.181 e. The van der Waals surface area contributed by atoms with Crippen molar-refractivity contribution in [1.82, 2.24) is 0 Å². The van der Waals surface area contributed by atoms with E-state index in [-0.39, 0.29) is 5.25 Å². The summed E-state index contributed by atoms with van der Waals surface area (Å²) in [7, 11) is 4.66. The first-order valence-corrected chi connectivity index (χ1v) is 14.6. The van der Waals surface area contributed by atoms with Crippen LogP contribution in [-0.2, 0) is 9.84 Å². The minimum Gasteiger partial charge on any atom is -0.223 e. The van der Waals surface area contributed by atoms with Crippen LogP contribution in [0.3, 0.4) is 0 Å². The zero-order valence-electron chi connectivity index (χ0n) is 15.4. The van der Waals surface area contributed by atoms with Crippen molar-refractivity contribution in [2.75, 3.05) is 0 Å². The van der Waals surface area contributed by atoms with Gasteiger partial charge in [0.15, 0.2) is 9.84 Å². The minimum atomic E-state index is -3.26. The molecule has 1 fully saturated rings. The SMILES string of the molecule is C=PC=Pc1c(P)cc(C2CCC(S(=O)(=O)c3ccc(Br)cc3)CC2)cc1P. The van der Waals surface area contributed by atoms with E-state index < -0.39 is 9.84 Å². The standard InChI is InChI=1S/C20H23BrO2P4S/c1-26-12-27-20-18(24)10-14(11-19(20)25)13-2-6-16(7-3-13)28(22,23)17-8-4-15(21)5-9-17/h4-5,8-13,16H,1-3,6-7,24-25H2. The second-order valence-corrected chi connectivity index (χ2v) is 13.3. The van der Waals surface area contributed by atoms with Gasteiger partial charge in [-0.15, -0.1) is 18.5 Å². The first-order valence-electron chi connectivity index (χ1n) is 8.99. The lowest BCUT2D eigenvalue weighted by molar-refractivity contribution is 0.435. The highest BCUT2D eigenvalue weighted by Crippen LogP contribution is 2.37. The van der Waals surface area contributed by atoms with Crippen LogP contribution in [0.2, 0.25) is 0 Å². The predicted molar refractivity (Wildman–Crippen MR) is 138 cm³/mol. The molecule has 2 unspecified atom stereocenters. The first-order chi connectivity index (χ1) is 13.3. The van der Waals surface area contributed by atoms with Gasteiger partial charge in [0.05, 0.1) is 10.1 Å². The van der Waals surface area contributed by atoms with E-state index in [0.29, 0.717) is 10.8 Å². The summed E-state index contributed by atoms with van der Waals surface area (Å²) < 4.78 is 26.8. The van der Waals surface area contributed by atoms with E-state index in [0.717, 1.165) is 38.4 Å². The van der Waals surface area contributed by atoms with Crippen molar-refractivity contribution in [3.05, 3.63) is 46.4 Å². The molecule has 3 rings (SSSR count). The summed E-state index contributed by atoms with van der Waals surface area (Å²) in [5.74, 6) is 0.427. The molecule has 2 nitrogen and oxygen atoms in total. The number of hydrogen-bond acceptors (Lipinski definition) is 2. The zero-order valence-corrected chi connectivity index (χ0v) is 21.9. The Hall–Kier alpha value is 0.0700. The lowest BCUT2D eigenvalue weighted by Gasteiger charge is -2.29. The summed E-state index contributed by atoms with van der Waals surface area (Å²) in [4.78, 5) is 0.433. The number of hydrogen-bond donors (Lipinski definition) is 0. The number of rotatable bonds is 5. The van der Waals surface area contributed by atoms with Crippen molar-refractivity contribution < 1.29 is 8.42 Å². The third kappa shape index (κ3) is 5.21. The van der Waals surface area contributed by atoms with E-state index in [9.17, 15) is 8.42 Å². The maximum Gasteiger partial charge on any atom is 0.181 e. The molecule has 28 heavy (non-hydrogen) atoms. The van der Waals surface area contributed by atoms with Gasteiger partial charge >= 0.3 is 0 Å². The monoisotopic (exact) mass is 530 g/mol. The van der Waals surface area contributed by atoms with E-state index in [1.54, 1.807) is 24.3 Å². The van der Waals surface area contributed by atoms with Crippen LogP contribution in [0.5, 0.6) is 0 Å². The molecule has 0 aromatic heterocycles. The van der Waals surface area contributed by atoms with Crippen LogP contribution >= 0.6 is 50.8 Å². The average molecular weight is 531 g/mol. The van der Waals surface area contributed by atoms with Crippen molar-refractivity contribution in [3.63, 3.8) is 0 Å². The zero-order chi connectivity index (χ0) is 20.3. The van der Waals surface area contributed by atoms with Gasteiger partial charge in [0.2, 0.25) is 0 Å². The number of benzene rings is 2. The van der Waals surface area contributed by atoms with Crippen LogP contribution in [0.4, 0.5) is 0 Å². The quantitative estimate of drug-likeness (QED) is 0.527. The van der Waals surface area contributed by atoms with E-state index in [1.807, 2.05) is 0 Å². The predicted octanol–water partition coefficient (Wildman–Crippen LogP) is 4.66. The van der Waals surface area contributed by atoms with Crippen LogP contribution in [0.1, 0.15) is 37.2 Å². The molecular formula is C20H23BrO2P4S. The molecule has 0 N–H and O–H groups in total. The highest BCUT2D eigenvalue weighted by molar-refractivity contribution is 9.10. The van der Waals surface area contributed by atoms with Crippen molar-refractivity contribution >= 4 is 88.4 Å². The van der Waals surface area contributed by atoms with Crippen LogP contribution in [0.15, 0.2) is 45.8 Å². The molecule has 2 aromatic rings. The van der Waals surface area contributed by atoms with Gasteiger partial charge in [-0.1, -0.05) is 50.8 Å². The highest BCUT2D eigenvalue weighted by atomic mass is 79.9. The second-order valence-electron chi connectivity index (χ2n) is 6.95. The topological polar surface area (TPSA) is 34.1 Å². The Labute approximate surface area is 184 Å². The summed E-state index contributed by atoms with van der Waals surface area (Å²) >= 11 is 3.37. The Bertz CT molecular complexity index is 972. The minimum absolute atomic E-state index is 0.278. The third-order valence-corrected chi connectivity index (χ3v) is 11.3. The van der Waals surface area contributed by atoms with Crippen molar-refractivity contribution in [1.29, 1.82) is 0 Å². The van der Waals surface area contributed by atoms with Gasteiger partial charge in [0.1, 0.15) is 0 Å². The van der Waals surface area contributed by atoms with E-state index in [2.05, 4.69) is 58.4 Å². The van der Waals surface area contributed by atoms with Crippen LogP contribution in [0, 0.1) is 0 Å². The molecule has 2 atom stereocenters. The number of halogens is 1. The molecular weight excluding hydrogens is 508 g/mol. The molecule has 0 saturated heterocycles. The lowest BCUT2D eigenvalue weighted by Crippen LogP contribution is -2.29. The van der Waals surface area contributed by atoms with E-state index >= 15 is 0 Å². The fourth-order valence-corrected chi connectivity index (χ4v) is 8.32. The Kier molecular flexibility index (Phi) is 8.06. The van der Waals surface area contributed by atoms with Crippen LogP contribution in [0.25, 0.3) is 0 Å². The van der Waals surface area contributed by atoms with E-state index in [1.165, 1.54) is 29.7 Å². The van der Waals surface area contributed by atoms with Gasteiger partial charge in [0, 0.05) is 9.78 Å². The average Bonchev–Trinajstić information content (AvgIpc) is 2.68. The molecule has 0 spiro atoms. The summed E-state index contributed by atoms with van der Waals surface area (Å²) in [6.07, 6.45) is 7.11. The van der Waals surface area contributed by atoms with Gasteiger partial charge in [-0.2, -0.15) is 0 Å². The molecule has 0 amide bonds. The maximum absolute atomic E-state index is 13.0. The lowest BCUT2D eigenvalue weighted by atomic mass is 9.84. The fourth-order valence-electron chi connectivity index (χ4n) is 3.71. The molecule has 1 saturated carbocycles. The Morgan fingerprint density at radius 2 is 1.61 bits per heavy atom. The van der Waals surface area contributed by atoms with Crippen molar-refractivity contribution in [2.24, 2.45) is 0 Å². The van der Waals surface area contributed by atoms with Crippen LogP contribution < -0.4 is 15.9 Å². The Morgan fingerprint density at radius 1 is 1.04 bits per heavy atom. The molecule has 148 valence electrons. The third-order valence-electron chi connectivity index (χ3n) is 5.19. The van der Waals surface area contributed by atoms with Gasteiger partial charge in [-0.05, 0) is 77.6 Å². The summed E-state index contributed by atoms with van der Waals surface area (Å²) in [5.41, 5.74) is 3.45. The Balaban J connectivity index is 1.74. The van der Waals surface area contributed by atoms with Gasteiger partial charge in [0.25, 0.3) is 0 Å². The molecule has 1 aliphatic rings. The van der Waals surface area contributed by atoms with Crippen LogP contribution in [-0.4, -0.2) is 25.5 Å². The summed E-state index contributed by atoms with van der Waals surface area (Å²) in [6, 6.07) is 11.5. The normalized spacial score (nSPS) is 20.7. The molecule has 0 heterocycles. The van der Waals surface area contributed by atoms with Crippen molar-refractivity contribution in [2.45, 2.75) is 41.7 Å². The van der Waals surface area contributed by atoms with E-state index in [4.69, 9.17) is 0 Å². The molecule has 0 aliphatic heterocycles. The Morgan fingerprint density at radius 3 is 2.14 bits per heavy atom. The fraction of sp³-hybridized carbons (Fsp3) is 0.300. The van der Waals surface area contributed by atoms with Gasteiger partial charge in [-0.25, -0.2) is 8.42 Å². The highest BCUT2D eigenvalue weighted by Gasteiger charge is 2.32. The summed E-state index contributed by atoms with van der Waals surface area (Å²) in [6.45, 7) is 0. The second kappa shape index (κ2) is 9.92. The van der Waals surface area contributed by atoms with Gasteiger partial charge in [-0.3, -0.25) is 0 Å². The molecule has 2 aromatic carbocycles. The molecule has 1 aliphatic carbocycles. The largest absolute Gasteiger partial charge is 0.223 e. The first kappa shape index (κ1) is 22.7. The number of sulfone groups is 1.